The lowest BCUT2D eigenvalue weighted by Gasteiger charge is -2.55. The van der Waals surface area contributed by atoms with Crippen molar-refractivity contribution in [3.05, 3.63) is 54.6 Å². The molecule has 0 atom stereocenters. The minimum absolute atomic E-state index is 0.0858. The van der Waals surface area contributed by atoms with Crippen molar-refractivity contribution < 1.29 is 4.79 Å². The monoisotopic (exact) mass is 331 g/mol. The quantitative estimate of drug-likeness (QED) is 0.789. The maximum Gasteiger partial charge on any atom is 0.230 e. The summed E-state index contributed by atoms with van der Waals surface area (Å²) < 4.78 is 0. The second kappa shape index (κ2) is 5.72. The number of anilines is 1. The van der Waals surface area contributed by atoms with E-state index in [4.69, 9.17) is 0 Å². The van der Waals surface area contributed by atoms with Crippen LogP contribution in [0.2, 0.25) is 0 Å². The molecule has 1 amide bonds. The summed E-state index contributed by atoms with van der Waals surface area (Å²) in [4.78, 5) is 13.2. The molecule has 4 fully saturated rings. The Labute approximate surface area is 149 Å². The molecule has 2 aromatic carbocycles. The second-order valence-electron chi connectivity index (χ2n) is 8.60. The first kappa shape index (κ1) is 15.2. The van der Waals surface area contributed by atoms with Crippen LogP contribution >= 0.6 is 0 Å². The van der Waals surface area contributed by atoms with E-state index in [0.29, 0.717) is 0 Å². The van der Waals surface area contributed by atoms with E-state index in [-0.39, 0.29) is 11.3 Å². The van der Waals surface area contributed by atoms with E-state index in [2.05, 4.69) is 41.7 Å². The predicted molar refractivity (Wildman–Crippen MR) is 101 cm³/mol. The van der Waals surface area contributed by atoms with Crippen LogP contribution < -0.4 is 5.32 Å². The third-order valence-electron chi connectivity index (χ3n) is 6.75. The van der Waals surface area contributed by atoms with Crippen LogP contribution in [0.25, 0.3) is 11.1 Å². The van der Waals surface area contributed by atoms with Gasteiger partial charge in [0.1, 0.15) is 0 Å². The Morgan fingerprint density at radius 1 is 0.800 bits per heavy atom. The molecule has 1 N–H and O–H groups in total. The molecule has 0 heterocycles. The average Bonchev–Trinajstić information content (AvgIpc) is 2.61. The fourth-order valence-electron chi connectivity index (χ4n) is 6.06. The Balaban J connectivity index is 1.38. The van der Waals surface area contributed by atoms with Crippen molar-refractivity contribution in [1.82, 2.24) is 0 Å². The summed E-state index contributed by atoms with van der Waals surface area (Å²) in [6.45, 7) is 0. The van der Waals surface area contributed by atoms with Crippen molar-refractivity contribution >= 4 is 11.6 Å². The standard InChI is InChI=1S/C23H25NO/c25-22(23-13-16-9-17(14-23)11-18(10-16)15-23)24-21-8-4-7-20(12-21)19-5-2-1-3-6-19/h1-8,12,16-18H,9-11,13-15H2,(H,24,25). The fraction of sp³-hybridized carbons (Fsp3) is 0.435. The van der Waals surface area contributed by atoms with E-state index in [0.717, 1.165) is 48.3 Å². The maximum absolute atomic E-state index is 13.2. The highest BCUT2D eigenvalue weighted by atomic mass is 16.2. The highest BCUT2D eigenvalue weighted by molar-refractivity contribution is 5.96. The summed E-state index contributed by atoms with van der Waals surface area (Å²) in [5.41, 5.74) is 3.19. The van der Waals surface area contributed by atoms with Gasteiger partial charge >= 0.3 is 0 Å². The van der Waals surface area contributed by atoms with Gasteiger partial charge in [0.15, 0.2) is 0 Å². The number of hydrogen-bond donors (Lipinski definition) is 1. The summed E-state index contributed by atoms with van der Waals surface area (Å²) >= 11 is 0. The van der Waals surface area contributed by atoms with E-state index in [1.54, 1.807) is 0 Å². The van der Waals surface area contributed by atoms with Crippen LogP contribution in [0.4, 0.5) is 5.69 Å². The van der Waals surface area contributed by atoms with Crippen molar-refractivity contribution in [3.63, 3.8) is 0 Å². The van der Waals surface area contributed by atoms with Gasteiger partial charge in [-0.15, -0.1) is 0 Å². The van der Waals surface area contributed by atoms with Gasteiger partial charge in [0, 0.05) is 5.69 Å². The van der Waals surface area contributed by atoms with Gasteiger partial charge in [0.25, 0.3) is 0 Å². The normalized spacial score (nSPS) is 32.6. The van der Waals surface area contributed by atoms with Crippen LogP contribution in [0, 0.1) is 23.2 Å². The Kier molecular flexibility index (Phi) is 3.48. The van der Waals surface area contributed by atoms with E-state index in [1.807, 2.05) is 18.2 Å². The second-order valence-corrected chi connectivity index (χ2v) is 8.60. The summed E-state index contributed by atoms with van der Waals surface area (Å²) in [6.07, 6.45) is 7.46. The van der Waals surface area contributed by atoms with Crippen molar-refractivity contribution in [1.29, 1.82) is 0 Å². The van der Waals surface area contributed by atoms with E-state index in [9.17, 15) is 4.79 Å². The molecule has 128 valence electrons. The zero-order chi connectivity index (χ0) is 16.9. The third kappa shape index (κ3) is 2.68. The number of hydrogen-bond acceptors (Lipinski definition) is 1. The highest BCUT2D eigenvalue weighted by Gasteiger charge is 2.54. The molecule has 0 saturated heterocycles. The molecule has 2 heteroatoms. The van der Waals surface area contributed by atoms with Crippen LogP contribution in [0.3, 0.4) is 0 Å². The molecule has 0 radical (unpaired) electrons. The van der Waals surface area contributed by atoms with Gasteiger partial charge in [-0.3, -0.25) is 4.79 Å². The molecule has 6 rings (SSSR count). The topological polar surface area (TPSA) is 29.1 Å². The SMILES string of the molecule is O=C(Nc1cccc(-c2ccccc2)c1)C12CC3CC(CC(C3)C1)C2. The summed E-state index contributed by atoms with van der Waals surface area (Å²) in [7, 11) is 0. The van der Waals surface area contributed by atoms with E-state index >= 15 is 0 Å². The molecule has 2 aromatic rings. The molecule has 4 aliphatic carbocycles. The lowest BCUT2D eigenvalue weighted by Crippen LogP contribution is -2.51. The first-order valence-corrected chi connectivity index (χ1v) is 9.67. The van der Waals surface area contributed by atoms with Gasteiger partial charge in [0.2, 0.25) is 5.91 Å². The summed E-state index contributed by atoms with van der Waals surface area (Å²) in [5, 5.41) is 3.27. The van der Waals surface area contributed by atoms with Gasteiger partial charge in [-0.1, -0.05) is 42.5 Å². The first-order valence-electron chi connectivity index (χ1n) is 9.67. The van der Waals surface area contributed by atoms with Crippen molar-refractivity contribution in [3.8, 4) is 11.1 Å². The van der Waals surface area contributed by atoms with Gasteiger partial charge in [-0.25, -0.2) is 0 Å². The number of carbonyl (C=O) groups excluding carboxylic acids is 1. The minimum Gasteiger partial charge on any atom is -0.326 e. The third-order valence-corrected chi connectivity index (χ3v) is 6.75. The number of rotatable bonds is 3. The lowest BCUT2D eigenvalue weighted by atomic mass is 9.49. The number of amides is 1. The smallest absolute Gasteiger partial charge is 0.230 e. The van der Waals surface area contributed by atoms with Crippen molar-refractivity contribution in [2.75, 3.05) is 5.32 Å². The highest BCUT2D eigenvalue weighted by Crippen LogP contribution is 2.60. The van der Waals surface area contributed by atoms with Gasteiger partial charge in [0.05, 0.1) is 5.41 Å². The predicted octanol–water partition coefficient (Wildman–Crippen LogP) is 5.51. The lowest BCUT2D eigenvalue weighted by molar-refractivity contribution is -0.140. The van der Waals surface area contributed by atoms with E-state index < -0.39 is 0 Å². The number of carbonyl (C=O) groups is 1. The maximum atomic E-state index is 13.2. The minimum atomic E-state index is -0.0858. The van der Waals surface area contributed by atoms with Gasteiger partial charge < -0.3 is 5.32 Å². The molecule has 0 aromatic heterocycles. The molecule has 0 spiro atoms. The summed E-state index contributed by atoms with van der Waals surface area (Å²) in [5.74, 6) is 2.67. The molecular weight excluding hydrogens is 306 g/mol. The largest absolute Gasteiger partial charge is 0.326 e. The molecule has 0 aliphatic heterocycles. The molecule has 4 saturated carbocycles. The number of nitrogens with one attached hydrogen (secondary N) is 1. The number of benzene rings is 2. The molecule has 4 bridgehead atoms. The molecule has 0 unspecified atom stereocenters. The van der Waals surface area contributed by atoms with Crippen LogP contribution in [0.15, 0.2) is 54.6 Å². The zero-order valence-electron chi connectivity index (χ0n) is 14.6. The van der Waals surface area contributed by atoms with Crippen LogP contribution in [0.5, 0.6) is 0 Å². The van der Waals surface area contributed by atoms with E-state index in [1.165, 1.54) is 24.8 Å². The van der Waals surface area contributed by atoms with Crippen LogP contribution in [-0.4, -0.2) is 5.91 Å². The van der Waals surface area contributed by atoms with Gasteiger partial charge in [-0.05, 0) is 79.5 Å². The molecule has 25 heavy (non-hydrogen) atoms. The van der Waals surface area contributed by atoms with Crippen molar-refractivity contribution in [2.45, 2.75) is 38.5 Å². The summed E-state index contributed by atoms with van der Waals surface area (Å²) in [6, 6.07) is 18.6. The Morgan fingerprint density at radius 3 is 2.04 bits per heavy atom. The van der Waals surface area contributed by atoms with Crippen LogP contribution in [-0.2, 0) is 4.79 Å². The first-order chi connectivity index (χ1) is 12.2. The Morgan fingerprint density at radius 2 is 1.40 bits per heavy atom. The average molecular weight is 331 g/mol. The zero-order valence-corrected chi connectivity index (χ0v) is 14.6. The van der Waals surface area contributed by atoms with Crippen LogP contribution in [0.1, 0.15) is 38.5 Å². The van der Waals surface area contributed by atoms with Gasteiger partial charge in [-0.2, -0.15) is 0 Å². The Hall–Kier alpha value is -2.09. The fourth-order valence-corrected chi connectivity index (χ4v) is 6.06. The molecular formula is C23H25NO. The molecule has 2 nitrogen and oxygen atoms in total. The molecule has 4 aliphatic rings. The Bertz CT molecular complexity index is 759. The van der Waals surface area contributed by atoms with Crippen molar-refractivity contribution in [2.24, 2.45) is 23.2 Å².